The molecule has 0 aliphatic carbocycles. The third kappa shape index (κ3) is 5.73. The predicted molar refractivity (Wildman–Crippen MR) is 104 cm³/mol. The van der Waals surface area contributed by atoms with Crippen LogP contribution in [0.2, 0.25) is 5.02 Å². The number of carbonyl (C=O) groups is 2. The summed E-state index contributed by atoms with van der Waals surface area (Å²) in [5, 5.41) is -0.374. The van der Waals surface area contributed by atoms with Gasteiger partial charge in [-0.3, -0.25) is 14.5 Å². The Morgan fingerprint density at radius 2 is 1.66 bits per heavy atom. The Morgan fingerprint density at radius 1 is 1.00 bits per heavy atom. The van der Waals surface area contributed by atoms with E-state index in [1.807, 2.05) is 9.80 Å². The molecule has 0 radical (unpaired) electrons. The number of hydrogen-bond donors (Lipinski definition) is 0. The summed E-state index contributed by atoms with van der Waals surface area (Å²) in [6.45, 7) is 4.15. The Balaban J connectivity index is 1.51. The third-order valence-corrected chi connectivity index (χ3v) is 5.55. The number of amides is 2. The van der Waals surface area contributed by atoms with E-state index in [0.717, 1.165) is 32.0 Å². The lowest BCUT2D eigenvalue weighted by molar-refractivity contribution is -0.137. The average molecular weight is 430 g/mol. The molecule has 0 bridgehead atoms. The van der Waals surface area contributed by atoms with Crippen molar-refractivity contribution in [3.05, 3.63) is 40.4 Å². The van der Waals surface area contributed by atoms with E-state index < -0.39 is 11.7 Å². The highest BCUT2D eigenvalue weighted by molar-refractivity contribution is 6.31. The summed E-state index contributed by atoms with van der Waals surface area (Å²) < 4.78 is 38.8. The molecule has 2 amide bonds. The Morgan fingerprint density at radius 3 is 2.28 bits per heavy atom. The topological polar surface area (TPSA) is 43.9 Å². The van der Waals surface area contributed by atoms with Gasteiger partial charge in [0.15, 0.2) is 0 Å². The van der Waals surface area contributed by atoms with Crippen LogP contribution in [0, 0.1) is 0 Å². The lowest BCUT2D eigenvalue weighted by Gasteiger charge is -2.34. The SMILES string of the molecule is O=C(/C=C/c1ccc(Cl)c(C(F)(F)F)c1)N1CCN(CC(=O)N2CCCC2)CC1. The van der Waals surface area contributed by atoms with Gasteiger partial charge >= 0.3 is 6.18 Å². The molecule has 0 spiro atoms. The summed E-state index contributed by atoms with van der Waals surface area (Å²) in [6, 6.07) is 3.53. The van der Waals surface area contributed by atoms with Crippen molar-refractivity contribution in [2.45, 2.75) is 19.0 Å². The van der Waals surface area contributed by atoms with E-state index in [1.165, 1.54) is 24.3 Å². The van der Waals surface area contributed by atoms with Crippen LogP contribution in [0.5, 0.6) is 0 Å². The highest BCUT2D eigenvalue weighted by Crippen LogP contribution is 2.35. The maximum Gasteiger partial charge on any atom is 0.417 e. The van der Waals surface area contributed by atoms with E-state index in [2.05, 4.69) is 0 Å². The van der Waals surface area contributed by atoms with Crippen molar-refractivity contribution in [1.82, 2.24) is 14.7 Å². The molecular formula is C20H23ClF3N3O2. The number of nitrogens with zero attached hydrogens (tertiary/aromatic N) is 3. The maximum atomic E-state index is 12.9. The number of benzene rings is 1. The second kappa shape index (κ2) is 9.17. The number of rotatable bonds is 4. The van der Waals surface area contributed by atoms with Gasteiger partial charge in [0.2, 0.25) is 11.8 Å². The average Bonchev–Trinajstić information content (AvgIpc) is 3.22. The van der Waals surface area contributed by atoms with Gasteiger partial charge in [0.05, 0.1) is 17.1 Å². The number of carbonyl (C=O) groups excluding carboxylic acids is 2. The summed E-state index contributed by atoms with van der Waals surface area (Å²) in [6.07, 6.45) is 0.191. The normalized spacial score (nSPS) is 18.6. The van der Waals surface area contributed by atoms with Crippen molar-refractivity contribution in [1.29, 1.82) is 0 Å². The number of alkyl halides is 3. The van der Waals surface area contributed by atoms with Crippen molar-refractivity contribution in [2.24, 2.45) is 0 Å². The molecule has 29 heavy (non-hydrogen) atoms. The van der Waals surface area contributed by atoms with E-state index in [1.54, 1.807) is 4.90 Å². The molecule has 158 valence electrons. The van der Waals surface area contributed by atoms with Crippen LogP contribution < -0.4 is 0 Å². The fourth-order valence-corrected chi connectivity index (χ4v) is 3.75. The Labute approximate surface area is 172 Å². The quantitative estimate of drug-likeness (QED) is 0.691. The van der Waals surface area contributed by atoms with E-state index in [4.69, 9.17) is 11.6 Å². The van der Waals surface area contributed by atoms with Crippen LogP contribution >= 0.6 is 11.6 Å². The molecule has 2 heterocycles. The lowest BCUT2D eigenvalue weighted by atomic mass is 10.1. The minimum absolute atomic E-state index is 0.130. The minimum Gasteiger partial charge on any atom is -0.342 e. The van der Waals surface area contributed by atoms with E-state index in [9.17, 15) is 22.8 Å². The zero-order valence-corrected chi connectivity index (χ0v) is 16.7. The van der Waals surface area contributed by atoms with Crippen LogP contribution in [0.1, 0.15) is 24.0 Å². The minimum atomic E-state index is -4.55. The van der Waals surface area contributed by atoms with Crippen LogP contribution in [0.15, 0.2) is 24.3 Å². The first-order chi connectivity index (χ1) is 13.7. The second-order valence-corrected chi connectivity index (χ2v) is 7.67. The smallest absolute Gasteiger partial charge is 0.342 e. The van der Waals surface area contributed by atoms with E-state index in [-0.39, 0.29) is 22.4 Å². The van der Waals surface area contributed by atoms with Gasteiger partial charge in [-0.25, -0.2) is 0 Å². The Hall–Kier alpha value is -2.06. The van der Waals surface area contributed by atoms with Crippen LogP contribution in [-0.2, 0) is 15.8 Å². The second-order valence-electron chi connectivity index (χ2n) is 7.26. The van der Waals surface area contributed by atoms with Crippen LogP contribution in [0.25, 0.3) is 6.08 Å². The van der Waals surface area contributed by atoms with Crippen LogP contribution in [0.4, 0.5) is 13.2 Å². The first-order valence-electron chi connectivity index (χ1n) is 9.58. The standard InChI is InChI=1S/C20H23ClF3N3O2/c21-17-5-3-15(13-16(17)20(22,23)24)4-6-18(28)27-11-9-25(10-12-27)14-19(29)26-7-1-2-8-26/h3-6,13H,1-2,7-12,14H2/b6-4+. The first kappa shape index (κ1) is 21.6. The Bertz CT molecular complexity index is 784. The molecule has 5 nitrogen and oxygen atoms in total. The van der Waals surface area contributed by atoms with Crippen molar-refractivity contribution in [2.75, 3.05) is 45.8 Å². The molecule has 3 rings (SSSR count). The summed E-state index contributed by atoms with van der Waals surface area (Å²) in [7, 11) is 0. The number of hydrogen-bond acceptors (Lipinski definition) is 3. The van der Waals surface area contributed by atoms with E-state index >= 15 is 0 Å². The van der Waals surface area contributed by atoms with Crippen molar-refractivity contribution in [3.63, 3.8) is 0 Å². The fourth-order valence-electron chi connectivity index (χ4n) is 3.52. The molecule has 2 aliphatic rings. The zero-order valence-electron chi connectivity index (χ0n) is 15.9. The number of likely N-dealkylation sites (tertiary alicyclic amines) is 1. The molecule has 0 N–H and O–H groups in total. The first-order valence-corrected chi connectivity index (χ1v) is 9.96. The van der Waals surface area contributed by atoms with Gasteiger partial charge in [-0.1, -0.05) is 17.7 Å². The molecule has 0 atom stereocenters. The number of halogens is 4. The number of piperazine rings is 1. The van der Waals surface area contributed by atoms with Crippen molar-refractivity contribution >= 4 is 29.5 Å². The molecule has 1 aromatic carbocycles. The molecule has 0 unspecified atom stereocenters. The third-order valence-electron chi connectivity index (χ3n) is 5.22. The highest BCUT2D eigenvalue weighted by atomic mass is 35.5. The maximum absolute atomic E-state index is 12.9. The molecule has 2 saturated heterocycles. The Kier molecular flexibility index (Phi) is 6.85. The molecule has 0 aromatic heterocycles. The van der Waals surface area contributed by atoms with E-state index in [0.29, 0.717) is 32.7 Å². The van der Waals surface area contributed by atoms with Gasteiger partial charge in [0.1, 0.15) is 0 Å². The lowest BCUT2D eigenvalue weighted by Crippen LogP contribution is -2.51. The van der Waals surface area contributed by atoms with Crippen molar-refractivity contribution in [3.8, 4) is 0 Å². The summed E-state index contributed by atoms with van der Waals surface area (Å²) in [5.74, 6) is -0.135. The fraction of sp³-hybridized carbons (Fsp3) is 0.500. The molecule has 2 aliphatic heterocycles. The van der Waals surface area contributed by atoms with Gasteiger partial charge < -0.3 is 9.80 Å². The highest BCUT2D eigenvalue weighted by Gasteiger charge is 2.33. The molecule has 0 saturated carbocycles. The molecule has 1 aromatic rings. The monoisotopic (exact) mass is 429 g/mol. The zero-order chi connectivity index (χ0) is 21.0. The summed E-state index contributed by atoms with van der Waals surface area (Å²) in [5.41, 5.74) is -0.671. The van der Waals surface area contributed by atoms with Gasteiger partial charge in [-0.05, 0) is 36.6 Å². The van der Waals surface area contributed by atoms with Crippen molar-refractivity contribution < 1.29 is 22.8 Å². The van der Waals surface area contributed by atoms with Gasteiger partial charge in [0.25, 0.3) is 0 Å². The molecule has 2 fully saturated rings. The van der Waals surface area contributed by atoms with Crippen LogP contribution in [-0.4, -0.2) is 72.3 Å². The summed E-state index contributed by atoms with van der Waals surface area (Å²) >= 11 is 5.61. The summed E-state index contributed by atoms with van der Waals surface area (Å²) in [4.78, 5) is 30.1. The predicted octanol–water partition coefficient (Wildman–Crippen LogP) is 3.14. The van der Waals surface area contributed by atoms with Gasteiger partial charge in [-0.2, -0.15) is 13.2 Å². The van der Waals surface area contributed by atoms with Gasteiger partial charge in [-0.15, -0.1) is 0 Å². The molecule has 9 heteroatoms. The van der Waals surface area contributed by atoms with Crippen LogP contribution in [0.3, 0.4) is 0 Å². The molecular weight excluding hydrogens is 407 g/mol. The largest absolute Gasteiger partial charge is 0.417 e. The van der Waals surface area contributed by atoms with Gasteiger partial charge in [0, 0.05) is 45.3 Å².